The van der Waals surface area contributed by atoms with Gasteiger partial charge in [0.1, 0.15) is 11.7 Å². The fourth-order valence-corrected chi connectivity index (χ4v) is 5.38. The molecule has 0 aliphatic heterocycles. The van der Waals surface area contributed by atoms with Crippen molar-refractivity contribution in [3.05, 3.63) is 59.0 Å². The Bertz CT molecular complexity index is 1290. The van der Waals surface area contributed by atoms with Gasteiger partial charge in [-0.25, -0.2) is 4.99 Å². The van der Waals surface area contributed by atoms with Crippen molar-refractivity contribution in [1.82, 2.24) is 20.2 Å². The maximum Gasteiger partial charge on any atom is 0.245 e. The molecule has 4 rings (SSSR count). The number of hydrogen-bond acceptors (Lipinski definition) is 8. The Kier molecular flexibility index (Phi) is 10.4. The van der Waals surface area contributed by atoms with Crippen molar-refractivity contribution < 1.29 is 19.1 Å². The minimum absolute atomic E-state index is 0.0670. The Morgan fingerprint density at radius 3 is 2.45 bits per heavy atom. The highest BCUT2D eigenvalue weighted by Crippen LogP contribution is 2.29. The van der Waals surface area contributed by atoms with E-state index < -0.39 is 6.04 Å². The Labute approximate surface area is 238 Å². The Hall–Kier alpha value is -3.99. The fourth-order valence-electron chi connectivity index (χ4n) is 4.91. The highest BCUT2D eigenvalue weighted by Gasteiger charge is 2.24. The van der Waals surface area contributed by atoms with Crippen LogP contribution in [0.4, 0.5) is 0 Å². The van der Waals surface area contributed by atoms with Gasteiger partial charge in [-0.15, -0.1) is 5.10 Å². The first kappa shape index (κ1) is 29.0. The SMILES string of the molecule is COc1ccc(CC(=O)NC(N)=N[C@H](CC2CCCCC2)C(=O)NCc2ccc(-c3csnn3)cc2)cc1OC. The van der Waals surface area contributed by atoms with Gasteiger partial charge in [0.25, 0.3) is 0 Å². The molecule has 4 N–H and O–H groups in total. The van der Waals surface area contributed by atoms with E-state index in [9.17, 15) is 9.59 Å². The molecule has 1 aromatic heterocycles. The lowest BCUT2D eigenvalue weighted by molar-refractivity contribution is -0.123. The zero-order valence-corrected chi connectivity index (χ0v) is 23.7. The predicted octanol–water partition coefficient (Wildman–Crippen LogP) is 3.85. The second-order valence-corrected chi connectivity index (χ2v) is 10.5. The lowest BCUT2D eigenvalue weighted by Gasteiger charge is -2.24. The molecular formula is C29H36N6O4S. The summed E-state index contributed by atoms with van der Waals surface area (Å²) in [6.07, 6.45) is 6.33. The molecule has 1 aliphatic rings. The summed E-state index contributed by atoms with van der Waals surface area (Å²) in [6.45, 7) is 0.358. The molecule has 0 unspecified atom stereocenters. The number of nitrogens with two attached hydrogens (primary N) is 1. The Morgan fingerprint density at radius 2 is 1.77 bits per heavy atom. The topological polar surface area (TPSA) is 141 Å². The summed E-state index contributed by atoms with van der Waals surface area (Å²) in [7, 11) is 3.10. The van der Waals surface area contributed by atoms with E-state index in [-0.39, 0.29) is 24.2 Å². The lowest BCUT2D eigenvalue weighted by atomic mass is 9.84. The Balaban J connectivity index is 1.38. The van der Waals surface area contributed by atoms with Gasteiger partial charge in [-0.05, 0) is 47.1 Å². The third-order valence-electron chi connectivity index (χ3n) is 7.04. The van der Waals surface area contributed by atoms with Crippen LogP contribution in [0.5, 0.6) is 11.5 Å². The van der Waals surface area contributed by atoms with E-state index in [1.54, 1.807) is 32.4 Å². The number of aliphatic imine (C=N–C) groups is 1. The van der Waals surface area contributed by atoms with Crippen LogP contribution in [0.25, 0.3) is 11.3 Å². The van der Waals surface area contributed by atoms with Crippen molar-refractivity contribution in [2.24, 2.45) is 16.6 Å². The van der Waals surface area contributed by atoms with Crippen molar-refractivity contribution in [1.29, 1.82) is 0 Å². The normalized spacial score (nSPS) is 14.8. The molecule has 0 bridgehead atoms. The molecule has 212 valence electrons. The van der Waals surface area contributed by atoms with Crippen LogP contribution in [-0.2, 0) is 22.6 Å². The number of ether oxygens (including phenoxy) is 2. The van der Waals surface area contributed by atoms with E-state index in [0.29, 0.717) is 30.4 Å². The van der Waals surface area contributed by atoms with Gasteiger partial charge in [-0.1, -0.05) is 66.9 Å². The summed E-state index contributed by atoms with van der Waals surface area (Å²) in [5, 5.41) is 11.6. The third kappa shape index (κ3) is 8.25. The predicted molar refractivity (Wildman–Crippen MR) is 155 cm³/mol. The molecule has 40 heavy (non-hydrogen) atoms. The molecule has 1 fully saturated rings. The summed E-state index contributed by atoms with van der Waals surface area (Å²) in [5.41, 5.74) is 9.61. The smallest absolute Gasteiger partial charge is 0.245 e. The van der Waals surface area contributed by atoms with Gasteiger partial charge in [0.05, 0.1) is 20.6 Å². The quantitative estimate of drug-likeness (QED) is 0.237. The molecule has 1 aliphatic carbocycles. The average Bonchev–Trinajstić information content (AvgIpc) is 3.51. The molecule has 3 aromatic rings. The van der Waals surface area contributed by atoms with Crippen LogP contribution in [0, 0.1) is 5.92 Å². The van der Waals surface area contributed by atoms with Crippen molar-refractivity contribution in [3.63, 3.8) is 0 Å². The zero-order valence-electron chi connectivity index (χ0n) is 22.9. The van der Waals surface area contributed by atoms with Crippen LogP contribution in [0.2, 0.25) is 0 Å². The van der Waals surface area contributed by atoms with Gasteiger partial charge in [-0.2, -0.15) is 0 Å². The number of rotatable bonds is 11. The standard InChI is InChI=1S/C29H36N6O4S/c1-38-25-13-10-21(15-26(25)39-2)16-27(36)33-29(30)32-23(14-19-6-4-3-5-7-19)28(37)31-17-20-8-11-22(12-9-20)24-18-40-35-34-24/h8-13,15,18-19,23H,3-7,14,16-17H2,1-2H3,(H,31,37)(H3,30,32,33,36)/t23-/m1/s1. The van der Waals surface area contributed by atoms with Crippen LogP contribution >= 0.6 is 11.5 Å². The molecule has 0 saturated heterocycles. The summed E-state index contributed by atoms with van der Waals surface area (Å²) in [4.78, 5) is 30.4. The molecule has 10 nitrogen and oxygen atoms in total. The van der Waals surface area contributed by atoms with E-state index in [0.717, 1.165) is 48.1 Å². The number of guanidine groups is 1. The van der Waals surface area contributed by atoms with Gasteiger partial charge < -0.3 is 20.5 Å². The second kappa shape index (κ2) is 14.4. The van der Waals surface area contributed by atoms with E-state index in [4.69, 9.17) is 15.2 Å². The first-order valence-electron chi connectivity index (χ1n) is 13.4. The van der Waals surface area contributed by atoms with E-state index >= 15 is 0 Å². The number of carbonyl (C=O) groups excluding carboxylic acids is 2. The number of carbonyl (C=O) groups is 2. The van der Waals surface area contributed by atoms with Gasteiger partial charge in [0.2, 0.25) is 11.8 Å². The molecule has 2 amide bonds. The van der Waals surface area contributed by atoms with E-state index in [1.807, 2.05) is 29.6 Å². The number of benzene rings is 2. The van der Waals surface area contributed by atoms with Crippen molar-refractivity contribution in [3.8, 4) is 22.8 Å². The van der Waals surface area contributed by atoms with Crippen LogP contribution in [0.15, 0.2) is 52.8 Å². The Morgan fingerprint density at radius 1 is 1.05 bits per heavy atom. The van der Waals surface area contributed by atoms with E-state index in [1.165, 1.54) is 18.0 Å². The van der Waals surface area contributed by atoms with E-state index in [2.05, 4.69) is 25.2 Å². The molecule has 2 aromatic carbocycles. The number of nitrogens with one attached hydrogen (secondary N) is 2. The van der Waals surface area contributed by atoms with Crippen LogP contribution in [-0.4, -0.2) is 47.6 Å². The van der Waals surface area contributed by atoms with Gasteiger partial charge >= 0.3 is 0 Å². The number of methoxy groups -OCH3 is 2. The summed E-state index contributed by atoms with van der Waals surface area (Å²) < 4.78 is 14.5. The molecule has 0 spiro atoms. The van der Waals surface area contributed by atoms with Crippen molar-refractivity contribution >= 4 is 29.3 Å². The fraction of sp³-hybridized carbons (Fsp3) is 0.414. The van der Waals surface area contributed by atoms with Gasteiger partial charge in [-0.3, -0.25) is 14.9 Å². The highest BCUT2D eigenvalue weighted by atomic mass is 32.1. The first-order valence-corrected chi connectivity index (χ1v) is 14.3. The number of aromatic nitrogens is 2. The second-order valence-electron chi connectivity index (χ2n) is 9.89. The number of amides is 2. The van der Waals surface area contributed by atoms with Crippen molar-refractivity contribution in [2.45, 2.75) is 57.5 Å². The maximum atomic E-state index is 13.3. The monoisotopic (exact) mass is 564 g/mol. The summed E-state index contributed by atoms with van der Waals surface area (Å²) in [6, 6.07) is 12.4. The first-order chi connectivity index (χ1) is 19.4. The van der Waals surface area contributed by atoms with Crippen LogP contribution < -0.4 is 25.8 Å². The van der Waals surface area contributed by atoms with Gasteiger partial charge in [0.15, 0.2) is 17.5 Å². The molecule has 0 radical (unpaired) electrons. The zero-order chi connectivity index (χ0) is 28.3. The minimum Gasteiger partial charge on any atom is -0.493 e. The largest absolute Gasteiger partial charge is 0.493 e. The summed E-state index contributed by atoms with van der Waals surface area (Å²) >= 11 is 1.30. The molecule has 1 heterocycles. The maximum absolute atomic E-state index is 13.3. The number of nitrogens with zero attached hydrogens (tertiary/aromatic N) is 3. The molecular weight excluding hydrogens is 528 g/mol. The average molecular weight is 565 g/mol. The minimum atomic E-state index is -0.690. The highest BCUT2D eigenvalue weighted by molar-refractivity contribution is 7.03. The van der Waals surface area contributed by atoms with Gasteiger partial charge in [0, 0.05) is 17.5 Å². The third-order valence-corrected chi connectivity index (χ3v) is 7.54. The molecule has 1 atom stereocenters. The number of hydrogen-bond donors (Lipinski definition) is 3. The lowest BCUT2D eigenvalue weighted by Crippen LogP contribution is -2.42. The molecule has 11 heteroatoms. The van der Waals surface area contributed by atoms with Crippen LogP contribution in [0.1, 0.15) is 49.7 Å². The van der Waals surface area contributed by atoms with Crippen molar-refractivity contribution in [2.75, 3.05) is 14.2 Å². The van der Waals surface area contributed by atoms with Crippen LogP contribution in [0.3, 0.4) is 0 Å². The summed E-state index contributed by atoms with van der Waals surface area (Å²) in [5.74, 6) is 0.902. The molecule has 1 saturated carbocycles.